The number of fused-ring (bicyclic) bond motifs is 2. The highest BCUT2D eigenvalue weighted by Crippen LogP contribution is 2.36. The second kappa shape index (κ2) is 24.1. The van der Waals surface area contributed by atoms with E-state index in [1.165, 1.54) is 12.1 Å². The number of aromatic nitrogens is 4. The Morgan fingerprint density at radius 3 is 1.39 bits per heavy atom. The number of piperazine rings is 2. The molecule has 0 spiro atoms. The van der Waals surface area contributed by atoms with Gasteiger partial charge in [-0.25, -0.2) is 0 Å². The lowest BCUT2D eigenvalue weighted by molar-refractivity contribution is -0.138. The molecule has 2 aliphatic heterocycles. The second-order valence-electron chi connectivity index (χ2n) is 19.3. The molecule has 0 radical (unpaired) electrons. The minimum Gasteiger partial charge on any atom is -0.369 e. The van der Waals surface area contributed by atoms with Crippen LogP contribution in [0.15, 0.2) is 124 Å². The summed E-state index contributed by atoms with van der Waals surface area (Å²) in [4.78, 5) is 62.8. The molecule has 414 valence electrons. The first kappa shape index (κ1) is 57.5. The van der Waals surface area contributed by atoms with Gasteiger partial charge in [0, 0.05) is 146 Å². The SMILES string of the molecule is C1CNCCN1.Cc1cc2c(cn1)cc(-c1cc(NC(=O)c3cc(Br)cc(C(F)(F)F)c3)ccc1C)c(=O)n2C.Cc1cc2c(cn1)cc(-c1cc(NC(=O)c3cc(N4CCNCC4)cc(C(F)(F)F)c3)ccc1C)c(=O)n2C.[2HH]. The van der Waals surface area contributed by atoms with Crippen molar-refractivity contribution in [3.05, 3.63) is 179 Å². The third-order valence-electron chi connectivity index (χ3n) is 13.5. The summed E-state index contributed by atoms with van der Waals surface area (Å²) in [6, 6.07) is 23.8. The minimum absolute atomic E-state index is 0. The molecule has 0 saturated carbocycles. The van der Waals surface area contributed by atoms with Gasteiger partial charge in [0.1, 0.15) is 0 Å². The van der Waals surface area contributed by atoms with Crippen LogP contribution in [0.2, 0.25) is 0 Å². The number of benzene rings is 4. The fourth-order valence-electron chi connectivity index (χ4n) is 9.20. The van der Waals surface area contributed by atoms with Gasteiger partial charge in [0.2, 0.25) is 0 Å². The predicted octanol–water partition coefficient (Wildman–Crippen LogP) is 10.6. The van der Waals surface area contributed by atoms with E-state index in [0.717, 1.165) is 94.8 Å². The summed E-state index contributed by atoms with van der Waals surface area (Å²) in [6.07, 6.45) is -5.78. The van der Waals surface area contributed by atoms with Crippen molar-refractivity contribution in [3.8, 4) is 22.3 Å². The van der Waals surface area contributed by atoms with Crippen molar-refractivity contribution in [1.29, 1.82) is 0 Å². The number of hydrogen-bond acceptors (Lipinski definition) is 10. The molecular weight excluding hydrogens is 1090 g/mol. The van der Waals surface area contributed by atoms with Gasteiger partial charge in [0.25, 0.3) is 22.9 Å². The second-order valence-corrected chi connectivity index (χ2v) is 20.2. The number of hydrogen-bond donors (Lipinski definition) is 5. The Morgan fingerprint density at radius 2 is 0.962 bits per heavy atom. The molecule has 79 heavy (non-hydrogen) atoms. The maximum absolute atomic E-state index is 13.7. The molecule has 6 heterocycles. The van der Waals surface area contributed by atoms with Crippen LogP contribution in [0.3, 0.4) is 0 Å². The van der Waals surface area contributed by atoms with Crippen molar-refractivity contribution < 1.29 is 37.4 Å². The Hall–Kier alpha value is -7.72. The average molecular weight is 1160 g/mol. The summed E-state index contributed by atoms with van der Waals surface area (Å²) in [5, 5.41) is 16.5. The Labute approximate surface area is 460 Å². The average Bonchev–Trinajstić information content (AvgIpc) is 3.46. The first-order chi connectivity index (χ1) is 37.4. The Morgan fingerprint density at radius 1 is 0.544 bits per heavy atom. The number of pyridine rings is 4. The number of anilines is 3. The van der Waals surface area contributed by atoms with Gasteiger partial charge in [0.05, 0.1) is 22.2 Å². The first-order valence-corrected chi connectivity index (χ1v) is 26.0. The smallest absolute Gasteiger partial charge is 0.369 e. The number of nitrogens with one attached hydrogen (secondary N) is 5. The van der Waals surface area contributed by atoms with Crippen molar-refractivity contribution in [2.24, 2.45) is 14.1 Å². The number of aryl methyl sites for hydroxylation is 6. The quantitative estimate of drug-likeness (QED) is 0.0970. The highest BCUT2D eigenvalue weighted by atomic mass is 79.9. The zero-order chi connectivity index (χ0) is 56.9. The van der Waals surface area contributed by atoms with E-state index in [4.69, 9.17) is 0 Å². The highest BCUT2D eigenvalue weighted by molar-refractivity contribution is 9.10. The highest BCUT2D eigenvalue weighted by Gasteiger charge is 2.33. The molecule has 2 aliphatic rings. The van der Waals surface area contributed by atoms with E-state index in [1.54, 1.807) is 84.2 Å². The minimum atomic E-state index is -4.60. The molecule has 2 fully saturated rings. The molecule has 0 atom stereocenters. The Bertz CT molecular complexity index is 3740. The zero-order valence-electron chi connectivity index (χ0n) is 44.1. The van der Waals surface area contributed by atoms with E-state index < -0.39 is 35.3 Å². The van der Waals surface area contributed by atoms with Gasteiger partial charge in [-0.2, -0.15) is 26.3 Å². The topological polar surface area (TPSA) is 167 Å². The van der Waals surface area contributed by atoms with Crippen molar-refractivity contribution in [2.45, 2.75) is 40.0 Å². The van der Waals surface area contributed by atoms with E-state index >= 15 is 0 Å². The van der Waals surface area contributed by atoms with E-state index in [1.807, 2.05) is 44.7 Å². The fraction of sp³-hybridized carbons (Fsp3) is 0.276. The van der Waals surface area contributed by atoms with Gasteiger partial charge >= 0.3 is 12.4 Å². The number of amides is 2. The largest absolute Gasteiger partial charge is 0.416 e. The molecular formula is C58H59BrF6N10O4. The molecule has 10 rings (SSSR count). The number of carbonyl (C=O) groups is 2. The summed E-state index contributed by atoms with van der Waals surface area (Å²) in [5.41, 5.74) is 5.37. The molecule has 21 heteroatoms. The van der Waals surface area contributed by atoms with Crippen LogP contribution in [-0.4, -0.2) is 83.3 Å². The maximum Gasteiger partial charge on any atom is 0.416 e. The Kier molecular flexibility index (Phi) is 17.5. The van der Waals surface area contributed by atoms with Gasteiger partial charge in [-0.3, -0.25) is 29.1 Å². The third-order valence-corrected chi connectivity index (χ3v) is 14.0. The molecule has 2 amide bonds. The van der Waals surface area contributed by atoms with Crippen molar-refractivity contribution in [3.63, 3.8) is 0 Å². The molecule has 0 bridgehead atoms. The van der Waals surface area contributed by atoms with Crippen LogP contribution in [-0.2, 0) is 26.4 Å². The summed E-state index contributed by atoms with van der Waals surface area (Å²) in [6.45, 7) is 14.3. The molecule has 14 nitrogen and oxygen atoms in total. The fourth-order valence-corrected chi connectivity index (χ4v) is 9.69. The molecule has 0 aliphatic carbocycles. The Balaban J connectivity index is 0.000000208. The molecule has 5 N–H and O–H groups in total. The van der Waals surface area contributed by atoms with E-state index in [0.29, 0.717) is 65.5 Å². The predicted molar refractivity (Wildman–Crippen MR) is 303 cm³/mol. The van der Waals surface area contributed by atoms with E-state index in [2.05, 4.69) is 52.5 Å². The first-order valence-electron chi connectivity index (χ1n) is 25.2. The molecule has 8 aromatic rings. The van der Waals surface area contributed by atoms with E-state index in [-0.39, 0.29) is 28.1 Å². The van der Waals surface area contributed by atoms with Gasteiger partial charge in [-0.05, 0) is 135 Å². The van der Waals surface area contributed by atoms with Crippen LogP contribution in [0.25, 0.3) is 44.1 Å². The van der Waals surface area contributed by atoms with Crippen molar-refractivity contribution >= 4 is 66.6 Å². The van der Waals surface area contributed by atoms with Crippen LogP contribution in [0.4, 0.5) is 43.4 Å². The van der Waals surface area contributed by atoms with Gasteiger partial charge in [-0.1, -0.05) is 28.1 Å². The van der Waals surface area contributed by atoms with Crippen LogP contribution in [0.1, 0.15) is 55.8 Å². The summed E-state index contributed by atoms with van der Waals surface area (Å²) < 4.78 is 83.7. The van der Waals surface area contributed by atoms with Gasteiger partial charge in [0.15, 0.2) is 0 Å². The van der Waals surface area contributed by atoms with Crippen molar-refractivity contribution in [2.75, 3.05) is 67.9 Å². The van der Waals surface area contributed by atoms with Crippen molar-refractivity contribution in [1.82, 2.24) is 35.1 Å². The summed E-state index contributed by atoms with van der Waals surface area (Å²) >= 11 is 3.03. The monoisotopic (exact) mass is 1150 g/mol. The standard InChI is InChI=1S/C29H28F3N5O2.C25H19BrF3N3O2.C4H10N2.H2/c1-17-4-5-22(15-24(17)25-13-20-16-34-18(2)10-26(20)36(3)28(25)39)35-27(38)19-11-21(29(30,31)32)14-23(12-19)37-8-6-33-7-9-37;1-13-4-5-19(31-23(33)15-7-17(25(27,28)29)10-18(26)8-15)11-20(13)21-9-16-12-30-14(2)6-22(16)32(3)24(21)34;1-2-6-4-3-5-1;/h4-5,10-16,33H,6-9H2,1-3H3,(H,35,38);4-12H,1-3H3,(H,31,33);5-6H,1-4H2;1H/i;;;1+1. The number of carbonyl (C=O) groups excluding carboxylic acids is 2. The lowest BCUT2D eigenvalue weighted by Crippen LogP contribution is -2.43. The van der Waals surface area contributed by atoms with Crippen LogP contribution >= 0.6 is 15.9 Å². The van der Waals surface area contributed by atoms with Gasteiger partial charge < -0.3 is 40.6 Å². The number of alkyl halides is 6. The number of halogens is 7. The van der Waals surface area contributed by atoms with Crippen LogP contribution < -0.4 is 42.6 Å². The lowest BCUT2D eigenvalue weighted by Gasteiger charge is -2.30. The zero-order valence-corrected chi connectivity index (χ0v) is 45.6. The van der Waals surface area contributed by atoms with Gasteiger partial charge in [-0.15, -0.1) is 0 Å². The maximum atomic E-state index is 13.7. The third kappa shape index (κ3) is 13.8. The normalized spacial score (nSPS) is 13.8. The molecule has 2 saturated heterocycles. The molecule has 4 aromatic heterocycles. The molecule has 0 unspecified atom stereocenters. The van der Waals surface area contributed by atoms with Crippen LogP contribution in [0, 0.1) is 27.7 Å². The number of nitrogens with zero attached hydrogens (tertiary/aromatic N) is 5. The van der Waals surface area contributed by atoms with E-state index in [9.17, 15) is 45.5 Å². The summed E-state index contributed by atoms with van der Waals surface area (Å²) in [5.74, 6) is -1.37. The summed E-state index contributed by atoms with van der Waals surface area (Å²) in [7, 11) is 3.37. The van der Waals surface area contributed by atoms with Crippen LogP contribution in [0.5, 0.6) is 0 Å². The lowest BCUT2D eigenvalue weighted by atomic mass is 9.99. The molecule has 4 aromatic carbocycles. The number of rotatable bonds is 7.